The fraction of sp³-hybridized carbons (Fsp3) is 0.222. The van der Waals surface area contributed by atoms with Crippen LogP contribution in [-0.4, -0.2) is 31.5 Å². The minimum absolute atomic E-state index is 0.0392. The van der Waals surface area contributed by atoms with Gasteiger partial charge in [-0.2, -0.15) is 0 Å². The maximum absolute atomic E-state index is 6.07. The highest BCUT2D eigenvalue weighted by molar-refractivity contribution is 6.34. The Morgan fingerprint density at radius 2 is 1.59 bits per heavy atom. The Hall–Kier alpha value is -2.64. The Bertz CT molecular complexity index is 920. The zero-order chi connectivity index (χ0) is 19.4. The van der Waals surface area contributed by atoms with Crippen molar-refractivity contribution in [2.45, 2.75) is 6.61 Å². The highest BCUT2D eigenvalue weighted by Crippen LogP contribution is 2.40. The van der Waals surface area contributed by atoms with Gasteiger partial charge in [0.2, 0.25) is 11.6 Å². The highest BCUT2D eigenvalue weighted by atomic mass is 35.5. The van der Waals surface area contributed by atoms with Crippen molar-refractivity contribution in [3.05, 3.63) is 46.3 Å². The van der Waals surface area contributed by atoms with Crippen molar-refractivity contribution in [1.29, 1.82) is 0 Å². The summed E-state index contributed by atoms with van der Waals surface area (Å²) in [6.07, 6.45) is 0. The van der Waals surface area contributed by atoms with Crippen LogP contribution < -0.4 is 18.9 Å². The minimum Gasteiger partial charge on any atom is -0.493 e. The van der Waals surface area contributed by atoms with Crippen molar-refractivity contribution in [3.63, 3.8) is 0 Å². The van der Waals surface area contributed by atoms with Crippen LogP contribution in [-0.2, 0) is 6.61 Å². The van der Waals surface area contributed by atoms with Crippen LogP contribution in [0.5, 0.6) is 23.0 Å². The zero-order valence-electron chi connectivity index (χ0n) is 14.8. The summed E-state index contributed by atoms with van der Waals surface area (Å²) in [5, 5.41) is 8.97. The molecule has 0 fully saturated rings. The van der Waals surface area contributed by atoms with Gasteiger partial charge in [0, 0.05) is 16.7 Å². The average molecular weight is 411 g/mol. The van der Waals surface area contributed by atoms with Crippen LogP contribution in [0.1, 0.15) is 5.89 Å². The molecular weight excluding hydrogens is 395 g/mol. The number of hydrogen-bond donors (Lipinski definition) is 0. The molecule has 0 aliphatic carbocycles. The number of halogens is 2. The highest BCUT2D eigenvalue weighted by Gasteiger charge is 2.18. The van der Waals surface area contributed by atoms with E-state index in [1.807, 2.05) is 0 Å². The fourth-order valence-corrected chi connectivity index (χ4v) is 2.69. The summed E-state index contributed by atoms with van der Waals surface area (Å²) in [4.78, 5) is 0. The molecule has 0 bridgehead atoms. The smallest absolute Gasteiger partial charge is 0.254 e. The number of ether oxygens (including phenoxy) is 4. The molecule has 0 aliphatic heterocycles. The number of benzene rings is 2. The minimum atomic E-state index is 0.0392. The van der Waals surface area contributed by atoms with Crippen LogP contribution in [0.4, 0.5) is 0 Å². The molecule has 1 heterocycles. The number of aromatic nitrogens is 2. The molecule has 2 aromatic carbocycles. The van der Waals surface area contributed by atoms with E-state index in [1.54, 1.807) is 30.3 Å². The summed E-state index contributed by atoms with van der Waals surface area (Å²) >= 11 is 12.0. The van der Waals surface area contributed by atoms with Gasteiger partial charge >= 0.3 is 0 Å². The second kappa shape index (κ2) is 8.37. The van der Waals surface area contributed by atoms with Gasteiger partial charge in [0.25, 0.3) is 5.89 Å². The van der Waals surface area contributed by atoms with Crippen molar-refractivity contribution >= 4 is 23.2 Å². The molecule has 0 saturated carbocycles. The molecule has 142 valence electrons. The van der Waals surface area contributed by atoms with Crippen LogP contribution in [0.15, 0.2) is 34.7 Å². The van der Waals surface area contributed by atoms with Gasteiger partial charge < -0.3 is 23.4 Å². The third-order valence-electron chi connectivity index (χ3n) is 3.62. The number of rotatable bonds is 7. The van der Waals surface area contributed by atoms with Crippen molar-refractivity contribution in [3.8, 4) is 34.5 Å². The molecule has 1 aromatic heterocycles. The molecule has 0 atom stereocenters. The summed E-state index contributed by atoms with van der Waals surface area (Å²) in [6, 6.07) is 8.36. The zero-order valence-corrected chi connectivity index (χ0v) is 16.3. The van der Waals surface area contributed by atoms with Gasteiger partial charge in [0.15, 0.2) is 18.1 Å². The van der Waals surface area contributed by atoms with E-state index in [0.717, 1.165) is 0 Å². The summed E-state index contributed by atoms with van der Waals surface area (Å²) in [5.41, 5.74) is 0.615. The lowest BCUT2D eigenvalue weighted by Crippen LogP contribution is -1.96. The number of hydrogen-bond acceptors (Lipinski definition) is 7. The Morgan fingerprint density at radius 3 is 2.22 bits per heavy atom. The predicted molar refractivity (Wildman–Crippen MR) is 100 cm³/mol. The van der Waals surface area contributed by atoms with Gasteiger partial charge in [-0.15, -0.1) is 10.2 Å². The first kappa shape index (κ1) is 19.1. The summed E-state index contributed by atoms with van der Waals surface area (Å²) in [7, 11) is 4.59. The van der Waals surface area contributed by atoms with E-state index in [2.05, 4.69) is 10.2 Å². The van der Waals surface area contributed by atoms with E-state index in [1.165, 1.54) is 21.3 Å². The van der Waals surface area contributed by atoms with Crippen molar-refractivity contribution in [2.24, 2.45) is 0 Å². The first-order valence-corrected chi connectivity index (χ1v) is 8.52. The van der Waals surface area contributed by atoms with E-state index in [4.69, 9.17) is 46.6 Å². The van der Waals surface area contributed by atoms with Crippen LogP contribution in [0.3, 0.4) is 0 Å². The van der Waals surface area contributed by atoms with Gasteiger partial charge in [-0.3, -0.25) is 0 Å². The topological polar surface area (TPSA) is 75.8 Å². The largest absolute Gasteiger partial charge is 0.493 e. The lowest BCUT2D eigenvalue weighted by molar-refractivity contribution is 0.264. The summed E-state index contributed by atoms with van der Waals surface area (Å²) in [6.45, 7) is 0.0392. The summed E-state index contributed by atoms with van der Waals surface area (Å²) in [5.74, 6) is 2.42. The number of nitrogens with zero attached hydrogens (tertiary/aromatic N) is 2. The van der Waals surface area contributed by atoms with E-state index < -0.39 is 0 Å². The standard InChI is InChI=1S/C18H16Cl2N2O5/c1-23-14-6-10(7-15(24-2)17(14)25-3)18-22-21-16(27-18)9-26-13-8-11(19)4-5-12(13)20/h4-8H,9H2,1-3H3. The Kier molecular flexibility index (Phi) is 5.93. The van der Waals surface area contributed by atoms with Gasteiger partial charge in [-0.1, -0.05) is 23.2 Å². The van der Waals surface area contributed by atoms with Crippen LogP contribution >= 0.6 is 23.2 Å². The third-order valence-corrected chi connectivity index (χ3v) is 4.17. The lowest BCUT2D eigenvalue weighted by atomic mass is 10.2. The third kappa shape index (κ3) is 4.20. The second-order valence-corrected chi connectivity index (χ2v) is 6.12. The van der Waals surface area contributed by atoms with E-state index >= 15 is 0 Å². The van der Waals surface area contributed by atoms with Crippen molar-refractivity contribution in [2.75, 3.05) is 21.3 Å². The van der Waals surface area contributed by atoms with Gasteiger partial charge in [0.05, 0.1) is 26.4 Å². The molecule has 3 rings (SSSR count). The van der Waals surface area contributed by atoms with Gasteiger partial charge in [-0.25, -0.2) is 0 Å². The molecule has 9 heteroatoms. The maximum atomic E-state index is 6.07. The molecule has 0 saturated heterocycles. The van der Waals surface area contributed by atoms with E-state index in [9.17, 15) is 0 Å². The molecule has 0 aliphatic rings. The van der Waals surface area contributed by atoms with Gasteiger partial charge in [0.1, 0.15) is 5.75 Å². The monoisotopic (exact) mass is 410 g/mol. The maximum Gasteiger partial charge on any atom is 0.254 e. The molecular formula is C18H16Cl2N2O5. The first-order valence-electron chi connectivity index (χ1n) is 7.76. The predicted octanol–water partition coefficient (Wildman–Crippen LogP) is 4.65. The molecule has 0 radical (unpaired) electrons. The quantitative estimate of drug-likeness (QED) is 0.560. The van der Waals surface area contributed by atoms with E-state index in [-0.39, 0.29) is 18.4 Å². The van der Waals surface area contributed by atoms with Crippen molar-refractivity contribution in [1.82, 2.24) is 10.2 Å². The molecule has 0 unspecified atom stereocenters. The van der Waals surface area contributed by atoms with Gasteiger partial charge in [-0.05, 0) is 24.3 Å². The Balaban J connectivity index is 1.82. The van der Waals surface area contributed by atoms with Crippen LogP contribution in [0.25, 0.3) is 11.5 Å². The molecule has 27 heavy (non-hydrogen) atoms. The fourth-order valence-electron chi connectivity index (χ4n) is 2.36. The molecule has 0 amide bonds. The Morgan fingerprint density at radius 1 is 0.889 bits per heavy atom. The first-order chi connectivity index (χ1) is 13.0. The normalized spacial score (nSPS) is 10.6. The summed E-state index contributed by atoms with van der Waals surface area (Å²) < 4.78 is 27.2. The SMILES string of the molecule is COc1cc(-c2nnc(COc3cc(Cl)ccc3Cl)o2)cc(OC)c1OC. The lowest BCUT2D eigenvalue weighted by Gasteiger charge is -2.12. The molecule has 0 N–H and O–H groups in total. The van der Waals surface area contributed by atoms with E-state index in [0.29, 0.717) is 38.6 Å². The number of methoxy groups -OCH3 is 3. The Labute approximate surface area is 165 Å². The molecule has 3 aromatic rings. The molecule has 0 spiro atoms. The van der Waals surface area contributed by atoms with Crippen molar-refractivity contribution < 1.29 is 23.4 Å². The molecule has 7 nitrogen and oxygen atoms in total. The van der Waals surface area contributed by atoms with Crippen LogP contribution in [0.2, 0.25) is 10.0 Å². The van der Waals surface area contributed by atoms with Crippen LogP contribution in [0, 0.1) is 0 Å². The average Bonchev–Trinajstić information content (AvgIpc) is 3.16. The second-order valence-electron chi connectivity index (χ2n) is 5.28.